The molecule has 0 aliphatic carbocycles. The van der Waals surface area contributed by atoms with Crippen LogP contribution in [0.15, 0.2) is 26.2 Å². The number of halogens is 2. The standard InChI is InChI=1S/C13H15Br2N3O/c1-18-3-2-11-8(6-18)12(17-16-11)7-4-9(14)13(19)10(15)5-7/h4-5,8,12,17,19H,2-3,6H2,1H3. The zero-order valence-corrected chi connectivity index (χ0v) is 13.7. The van der Waals surface area contributed by atoms with Crippen molar-refractivity contribution in [2.45, 2.75) is 12.5 Å². The first-order valence-corrected chi connectivity index (χ1v) is 7.83. The Balaban J connectivity index is 1.91. The lowest BCUT2D eigenvalue weighted by Crippen LogP contribution is -2.39. The lowest BCUT2D eigenvalue weighted by atomic mass is 9.86. The smallest absolute Gasteiger partial charge is 0.143 e. The molecule has 0 saturated carbocycles. The van der Waals surface area contributed by atoms with Crippen molar-refractivity contribution >= 4 is 37.6 Å². The Morgan fingerprint density at radius 2 is 2.05 bits per heavy atom. The van der Waals surface area contributed by atoms with Gasteiger partial charge in [0, 0.05) is 31.1 Å². The monoisotopic (exact) mass is 387 g/mol. The molecule has 1 saturated heterocycles. The van der Waals surface area contributed by atoms with E-state index >= 15 is 0 Å². The van der Waals surface area contributed by atoms with E-state index in [0.29, 0.717) is 14.9 Å². The third-order valence-corrected chi connectivity index (χ3v) is 5.04. The molecule has 0 spiro atoms. The van der Waals surface area contributed by atoms with Crippen LogP contribution in [0.5, 0.6) is 5.75 Å². The number of hydrogen-bond donors (Lipinski definition) is 2. The minimum atomic E-state index is 0.186. The van der Waals surface area contributed by atoms with Crippen LogP contribution in [0.4, 0.5) is 0 Å². The summed E-state index contributed by atoms with van der Waals surface area (Å²) in [7, 11) is 2.15. The molecular weight excluding hydrogens is 374 g/mol. The van der Waals surface area contributed by atoms with Gasteiger partial charge in [0.05, 0.1) is 15.0 Å². The summed E-state index contributed by atoms with van der Waals surface area (Å²) in [5.41, 5.74) is 5.65. The third kappa shape index (κ3) is 2.41. The van der Waals surface area contributed by atoms with E-state index in [-0.39, 0.29) is 11.8 Å². The van der Waals surface area contributed by atoms with Gasteiger partial charge in [0.2, 0.25) is 0 Å². The Labute approximate surface area is 129 Å². The highest BCUT2D eigenvalue weighted by molar-refractivity contribution is 9.11. The zero-order valence-electron chi connectivity index (χ0n) is 10.5. The van der Waals surface area contributed by atoms with E-state index in [1.807, 2.05) is 12.1 Å². The van der Waals surface area contributed by atoms with Crippen LogP contribution in [0.3, 0.4) is 0 Å². The van der Waals surface area contributed by atoms with Gasteiger partial charge in [-0.1, -0.05) is 0 Å². The summed E-state index contributed by atoms with van der Waals surface area (Å²) in [5, 5.41) is 14.3. The fourth-order valence-electron chi connectivity index (χ4n) is 2.77. The third-order valence-electron chi connectivity index (χ3n) is 3.83. The van der Waals surface area contributed by atoms with E-state index in [1.165, 1.54) is 5.71 Å². The van der Waals surface area contributed by atoms with Crippen LogP contribution < -0.4 is 5.43 Å². The Hall–Kier alpha value is -0.590. The number of fused-ring (bicyclic) bond motifs is 1. The number of hydrazone groups is 1. The van der Waals surface area contributed by atoms with Crippen molar-refractivity contribution in [3.05, 3.63) is 26.6 Å². The summed E-state index contributed by atoms with van der Waals surface area (Å²) < 4.78 is 1.41. The van der Waals surface area contributed by atoms with Crippen molar-refractivity contribution in [1.82, 2.24) is 10.3 Å². The van der Waals surface area contributed by atoms with E-state index in [1.54, 1.807) is 0 Å². The summed E-state index contributed by atoms with van der Waals surface area (Å²) in [6, 6.07) is 4.11. The minimum absolute atomic E-state index is 0.186. The molecule has 0 bridgehead atoms. The Kier molecular flexibility index (Phi) is 3.57. The molecule has 0 aromatic heterocycles. The summed E-state index contributed by atoms with van der Waals surface area (Å²) >= 11 is 6.78. The van der Waals surface area contributed by atoms with Crippen LogP contribution >= 0.6 is 31.9 Å². The highest BCUT2D eigenvalue weighted by Gasteiger charge is 2.36. The van der Waals surface area contributed by atoms with E-state index in [2.05, 4.69) is 54.3 Å². The van der Waals surface area contributed by atoms with Crippen LogP contribution in [0.2, 0.25) is 0 Å². The Morgan fingerprint density at radius 1 is 1.37 bits per heavy atom. The molecule has 1 fully saturated rings. The Bertz CT molecular complexity index is 524. The summed E-state index contributed by atoms with van der Waals surface area (Å²) in [4.78, 5) is 2.34. The second-order valence-electron chi connectivity index (χ2n) is 5.16. The maximum absolute atomic E-state index is 9.80. The lowest BCUT2D eigenvalue weighted by Gasteiger charge is -2.31. The quantitative estimate of drug-likeness (QED) is 0.777. The van der Waals surface area contributed by atoms with Crippen molar-refractivity contribution in [3.63, 3.8) is 0 Å². The topological polar surface area (TPSA) is 47.9 Å². The highest BCUT2D eigenvalue weighted by Crippen LogP contribution is 2.39. The zero-order chi connectivity index (χ0) is 13.6. The molecule has 4 nitrogen and oxygen atoms in total. The number of benzene rings is 1. The number of aromatic hydroxyl groups is 1. The van der Waals surface area contributed by atoms with E-state index in [9.17, 15) is 5.11 Å². The largest absolute Gasteiger partial charge is 0.506 e. The first-order valence-electron chi connectivity index (χ1n) is 6.24. The molecule has 2 aliphatic heterocycles. The normalized spacial score (nSPS) is 26.8. The molecule has 0 radical (unpaired) electrons. The van der Waals surface area contributed by atoms with Gasteiger partial charge < -0.3 is 15.4 Å². The number of likely N-dealkylation sites (tertiary alicyclic amines) is 1. The van der Waals surface area contributed by atoms with E-state index in [0.717, 1.165) is 25.1 Å². The van der Waals surface area contributed by atoms with Gasteiger partial charge in [-0.05, 0) is 56.6 Å². The number of hydrogen-bond acceptors (Lipinski definition) is 4. The van der Waals surface area contributed by atoms with E-state index in [4.69, 9.17) is 0 Å². The summed E-state index contributed by atoms with van der Waals surface area (Å²) in [6.45, 7) is 2.10. The molecule has 19 heavy (non-hydrogen) atoms. The van der Waals surface area contributed by atoms with Gasteiger partial charge in [0.15, 0.2) is 0 Å². The first kappa shape index (κ1) is 13.4. The second kappa shape index (κ2) is 5.07. The van der Waals surface area contributed by atoms with Gasteiger partial charge in [0.25, 0.3) is 0 Å². The van der Waals surface area contributed by atoms with Crippen LogP contribution in [0.1, 0.15) is 18.0 Å². The van der Waals surface area contributed by atoms with Gasteiger partial charge in [0.1, 0.15) is 5.75 Å². The molecule has 1 aromatic rings. The molecule has 0 amide bonds. The molecule has 2 atom stereocenters. The maximum atomic E-state index is 9.80. The molecule has 2 N–H and O–H groups in total. The lowest BCUT2D eigenvalue weighted by molar-refractivity contribution is 0.272. The molecule has 102 valence electrons. The SMILES string of the molecule is CN1CCC2=NNC(c3cc(Br)c(O)c(Br)c3)C2C1. The predicted octanol–water partition coefficient (Wildman–Crippen LogP) is 2.87. The summed E-state index contributed by atoms with van der Waals surface area (Å²) in [6.07, 6.45) is 1.03. The van der Waals surface area contributed by atoms with Crippen molar-refractivity contribution in [1.29, 1.82) is 0 Å². The van der Waals surface area contributed by atoms with Crippen LogP contribution in [0.25, 0.3) is 0 Å². The molecule has 2 unspecified atom stereocenters. The fraction of sp³-hybridized carbons (Fsp3) is 0.462. The van der Waals surface area contributed by atoms with Crippen LogP contribution in [-0.2, 0) is 0 Å². The average Bonchev–Trinajstić information content (AvgIpc) is 2.78. The van der Waals surface area contributed by atoms with Crippen molar-refractivity contribution in [3.8, 4) is 5.75 Å². The molecule has 1 aromatic carbocycles. The molecule has 2 heterocycles. The second-order valence-corrected chi connectivity index (χ2v) is 6.87. The van der Waals surface area contributed by atoms with Crippen LogP contribution in [-0.4, -0.2) is 35.9 Å². The number of phenols is 1. The van der Waals surface area contributed by atoms with Gasteiger partial charge >= 0.3 is 0 Å². The van der Waals surface area contributed by atoms with Crippen molar-refractivity contribution in [2.75, 3.05) is 20.1 Å². The Morgan fingerprint density at radius 3 is 2.74 bits per heavy atom. The van der Waals surface area contributed by atoms with Gasteiger partial charge in [-0.15, -0.1) is 0 Å². The molecule has 6 heteroatoms. The fourth-order valence-corrected chi connectivity index (χ4v) is 4.00. The van der Waals surface area contributed by atoms with Gasteiger partial charge in [-0.3, -0.25) is 0 Å². The number of piperidine rings is 1. The van der Waals surface area contributed by atoms with Crippen molar-refractivity contribution < 1.29 is 5.11 Å². The predicted molar refractivity (Wildman–Crippen MR) is 82.4 cm³/mol. The van der Waals surface area contributed by atoms with E-state index < -0.39 is 0 Å². The average molecular weight is 389 g/mol. The highest BCUT2D eigenvalue weighted by atomic mass is 79.9. The van der Waals surface area contributed by atoms with Crippen LogP contribution in [0, 0.1) is 5.92 Å². The maximum Gasteiger partial charge on any atom is 0.143 e. The molecule has 2 aliphatic rings. The number of rotatable bonds is 1. The van der Waals surface area contributed by atoms with Gasteiger partial charge in [-0.2, -0.15) is 5.10 Å². The number of nitrogens with one attached hydrogen (secondary N) is 1. The van der Waals surface area contributed by atoms with Crippen molar-refractivity contribution in [2.24, 2.45) is 11.0 Å². The minimum Gasteiger partial charge on any atom is -0.506 e. The first-order chi connectivity index (χ1) is 9.06. The molecular formula is C13H15Br2N3O. The number of nitrogens with zero attached hydrogens (tertiary/aromatic N) is 2. The molecule has 3 rings (SSSR count). The summed E-state index contributed by atoms with van der Waals surface area (Å²) in [5.74, 6) is 0.658. The number of phenolic OH excluding ortho intramolecular Hbond substituents is 1. The van der Waals surface area contributed by atoms with Gasteiger partial charge in [-0.25, -0.2) is 0 Å².